The first-order valence-corrected chi connectivity index (χ1v) is 5.72. The molecule has 0 rings (SSSR count). The molecular weight excluding hydrogens is 192 g/mol. The van der Waals surface area contributed by atoms with Crippen molar-refractivity contribution in [3.05, 3.63) is 0 Å². The lowest BCUT2D eigenvalue weighted by Gasteiger charge is -2.03. The van der Waals surface area contributed by atoms with Crippen molar-refractivity contribution in [1.82, 2.24) is 0 Å². The second kappa shape index (κ2) is 9.69. The smallest absolute Gasteiger partial charge is 0.305 e. The highest BCUT2D eigenvalue weighted by Gasteiger charge is 2.00. The van der Waals surface area contributed by atoms with E-state index in [4.69, 9.17) is 0 Å². The Labute approximate surface area is 92.2 Å². The molecule has 0 amide bonds. The van der Waals surface area contributed by atoms with Gasteiger partial charge >= 0.3 is 5.97 Å². The molecule has 0 aliphatic heterocycles. The van der Waals surface area contributed by atoms with Crippen molar-refractivity contribution in [1.29, 1.82) is 0 Å². The van der Waals surface area contributed by atoms with E-state index in [1.54, 1.807) is 0 Å². The van der Waals surface area contributed by atoms with Gasteiger partial charge in [-0.15, -0.1) is 0 Å². The van der Waals surface area contributed by atoms with E-state index in [2.05, 4.69) is 4.74 Å². The molecule has 0 aliphatic rings. The standard InChI is InChI=1S/C12H22O3/c1-11(10-13)8-6-4-3-5-7-9-12(14)15-2/h10-11H,3-9H2,1-2H3/t11-/m1/s1. The minimum atomic E-state index is -0.121. The number of hydrogen-bond donors (Lipinski definition) is 0. The van der Waals surface area contributed by atoms with E-state index in [1.165, 1.54) is 7.11 Å². The number of aldehydes is 1. The fourth-order valence-corrected chi connectivity index (χ4v) is 1.44. The van der Waals surface area contributed by atoms with E-state index in [0.29, 0.717) is 6.42 Å². The maximum absolute atomic E-state index is 10.8. The summed E-state index contributed by atoms with van der Waals surface area (Å²) in [6, 6.07) is 0. The molecule has 15 heavy (non-hydrogen) atoms. The number of methoxy groups -OCH3 is 1. The van der Waals surface area contributed by atoms with Crippen LogP contribution in [0.5, 0.6) is 0 Å². The molecule has 0 heterocycles. The van der Waals surface area contributed by atoms with Crippen molar-refractivity contribution in [3.63, 3.8) is 0 Å². The zero-order chi connectivity index (χ0) is 11.5. The van der Waals surface area contributed by atoms with Gasteiger partial charge in [0.05, 0.1) is 7.11 Å². The van der Waals surface area contributed by atoms with Crippen molar-refractivity contribution in [2.24, 2.45) is 5.92 Å². The number of ether oxygens (including phenoxy) is 1. The number of carbonyl (C=O) groups excluding carboxylic acids is 2. The SMILES string of the molecule is COC(=O)CCCCCCC[C@@H](C)C=O. The van der Waals surface area contributed by atoms with Crippen LogP contribution >= 0.6 is 0 Å². The molecule has 0 N–H and O–H groups in total. The van der Waals surface area contributed by atoms with Crippen molar-refractivity contribution < 1.29 is 14.3 Å². The van der Waals surface area contributed by atoms with Crippen LogP contribution in [-0.2, 0) is 14.3 Å². The highest BCUT2D eigenvalue weighted by molar-refractivity contribution is 5.68. The summed E-state index contributed by atoms with van der Waals surface area (Å²) in [4.78, 5) is 21.1. The van der Waals surface area contributed by atoms with Gasteiger partial charge < -0.3 is 9.53 Å². The van der Waals surface area contributed by atoms with E-state index in [0.717, 1.165) is 44.8 Å². The summed E-state index contributed by atoms with van der Waals surface area (Å²) in [5, 5.41) is 0. The number of rotatable bonds is 9. The lowest BCUT2D eigenvalue weighted by atomic mass is 10.0. The summed E-state index contributed by atoms with van der Waals surface area (Å²) in [6.45, 7) is 1.95. The van der Waals surface area contributed by atoms with Gasteiger partial charge in [0.25, 0.3) is 0 Å². The zero-order valence-corrected chi connectivity index (χ0v) is 9.83. The molecule has 0 unspecified atom stereocenters. The van der Waals surface area contributed by atoms with Crippen LogP contribution in [-0.4, -0.2) is 19.4 Å². The van der Waals surface area contributed by atoms with E-state index in [-0.39, 0.29) is 11.9 Å². The summed E-state index contributed by atoms with van der Waals surface area (Å²) in [5.74, 6) is 0.0737. The monoisotopic (exact) mass is 214 g/mol. The Morgan fingerprint density at radius 1 is 1.20 bits per heavy atom. The van der Waals surface area contributed by atoms with Crippen LogP contribution < -0.4 is 0 Å². The third-order valence-corrected chi connectivity index (χ3v) is 2.50. The van der Waals surface area contributed by atoms with Crippen LogP contribution in [0.25, 0.3) is 0 Å². The molecule has 0 aromatic heterocycles. The minimum absolute atomic E-state index is 0.121. The fraction of sp³-hybridized carbons (Fsp3) is 0.833. The Kier molecular flexibility index (Phi) is 9.13. The molecule has 0 spiro atoms. The van der Waals surface area contributed by atoms with E-state index < -0.39 is 0 Å². The maximum atomic E-state index is 10.8. The van der Waals surface area contributed by atoms with Gasteiger partial charge in [0.15, 0.2) is 0 Å². The highest BCUT2D eigenvalue weighted by atomic mass is 16.5. The number of esters is 1. The van der Waals surface area contributed by atoms with E-state index in [9.17, 15) is 9.59 Å². The first kappa shape index (κ1) is 14.1. The van der Waals surface area contributed by atoms with E-state index in [1.807, 2.05) is 6.92 Å². The molecular formula is C12H22O3. The Morgan fingerprint density at radius 2 is 1.80 bits per heavy atom. The van der Waals surface area contributed by atoms with Crippen LogP contribution in [0.3, 0.4) is 0 Å². The normalized spacial score (nSPS) is 12.1. The second-order valence-corrected chi connectivity index (χ2v) is 4.00. The molecule has 1 atom stereocenters. The summed E-state index contributed by atoms with van der Waals surface area (Å²) in [6.07, 6.45) is 7.92. The van der Waals surface area contributed by atoms with Crippen molar-refractivity contribution in [2.45, 2.75) is 51.9 Å². The average Bonchev–Trinajstić information content (AvgIpc) is 2.26. The van der Waals surface area contributed by atoms with Crippen LogP contribution in [0.15, 0.2) is 0 Å². The molecule has 3 nitrogen and oxygen atoms in total. The van der Waals surface area contributed by atoms with Crippen molar-refractivity contribution in [3.8, 4) is 0 Å². The van der Waals surface area contributed by atoms with E-state index >= 15 is 0 Å². The Hall–Kier alpha value is -0.860. The first-order chi connectivity index (χ1) is 7.20. The predicted octanol–water partition coefficient (Wildman–Crippen LogP) is 2.73. The predicted molar refractivity (Wildman–Crippen MR) is 59.6 cm³/mol. The van der Waals surface area contributed by atoms with Crippen molar-refractivity contribution >= 4 is 12.3 Å². The molecule has 0 saturated heterocycles. The van der Waals surface area contributed by atoms with Gasteiger partial charge in [-0.3, -0.25) is 4.79 Å². The number of carbonyl (C=O) groups is 2. The molecule has 0 radical (unpaired) electrons. The Balaban J connectivity index is 3.11. The van der Waals surface area contributed by atoms with Crippen molar-refractivity contribution in [2.75, 3.05) is 7.11 Å². The zero-order valence-electron chi connectivity index (χ0n) is 9.83. The molecule has 0 saturated carbocycles. The lowest BCUT2D eigenvalue weighted by Crippen LogP contribution is -1.99. The van der Waals surface area contributed by atoms with Gasteiger partial charge in [0.2, 0.25) is 0 Å². The molecule has 0 aromatic carbocycles. The second-order valence-electron chi connectivity index (χ2n) is 4.00. The quantitative estimate of drug-likeness (QED) is 0.337. The lowest BCUT2D eigenvalue weighted by molar-refractivity contribution is -0.140. The van der Waals surface area contributed by atoms with Crippen LogP contribution in [0, 0.1) is 5.92 Å². The third kappa shape index (κ3) is 9.44. The van der Waals surface area contributed by atoms with Gasteiger partial charge in [-0.1, -0.05) is 32.6 Å². The van der Waals surface area contributed by atoms with Crippen LogP contribution in [0.4, 0.5) is 0 Å². The van der Waals surface area contributed by atoms with Gasteiger partial charge in [0.1, 0.15) is 6.29 Å². The molecule has 0 bridgehead atoms. The molecule has 0 aliphatic carbocycles. The topological polar surface area (TPSA) is 43.4 Å². The van der Waals surface area contributed by atoms with Crippen LogP contribution in [0.2, 0.25) is 0 Å². The molecule has 0 fully saturated rings. The van der Waals surface area contributed by atoms with Gasteiger partial charge in [-0.25, -0.2) is 0 Å². The minimum Gasteiger partial charge on any atom is -0.469 e. The summed E-state index contributed by atoms with van der Waals surface area (Å²) in [5.41, 5.74) is 0. The van der Waals surface area contributed by atoms with Gasteiger partial charge in [-0.05, 0) is 12.8 Å². The van der Waals surface area contributed by atoms with Crippen LogP contribution in [0.1, 0.15) is 51.9 Å². The van der Waals surface area contributed by atoms with Gasteiger partial charge in [0, 0.05) is 12.3 Å². The summed E-state index contributed by atoms with van der Waals surface area (Å²) < 4.78 is 4.55. The maximum Gasteiger partial charge on any atom is 0.305 e. The Bertz CT molecular complexity index is 178. The number of unbranched alkanes of at least 4 members (excludes halogenated alkanes) is 4. The largest absolute Gasteiger partial charge is 0.469 e. The molecule has 88 valence electrons. The number of hydrogen-bond acceptors (Lipinski definition) is 3. The molecule has 3 heteroatoms. The Morgan fingerprint density at radius 3 is 2.40 bits per heavy atom. The summed E-state index contributed by atoms with van der Waals surface area (Å²) >= 11 is 0. The first-order valence-electron chi connectivity index (χ1n) is 5.72. The third-order valence-electron chi connectivity index (χ3n) is 2.50. The average molecular weight is 214 g/mol. The molecule has 0 aromatic rings. The van der Waals surface area contributed by atoms with Gasteiger partial charge in [-0.2, -0.15) is 0 Å². The fourth-order valence-electron chi connectivity index (χ4n) is 1.44. The summed E-state index contributed by atoms with van der Waals surface area (Å²) in [7, 11) is 1.42. The highest BCUT2D eigenvalue weighted by Crippen LogP contribution is 2.10.